The van der Waals surface area contributed by atoms with Crippen molar-refractivity contribution in [2.75, 3.05) is 11.9 Å². The number of rotatable bonds is 11. The third-order valence-electron chi connectivity index (χ3n) is 6.44. The number of amides is 3. The number of fused-ring (bicyclic) bond motifs is 2. The highest BCUT2D eigenvalue weighted by Gasteiger charge is 2.25. The third-order valence-corrected chi connectivity index (χ3v) is 8.00. The molecule has 220 valence electrons. The molecule has 0 aliphatic carbocycles. The molecule has 3 amide bonds. The Morgan fingerprint density at radius 3 is 2.07 bits per heavy atom. The van der Waals surface area contributed by atoms with Gasteiger partial charge in [-0.05, 0) is 68.7 Å². The lowest BCUT2D eigenvalue weighted by Crippen LogP contribution is -2.50. The number of nitrogens with zero attached hydrogens (tertiary/aromatic N) is 2. The van der Waals surface area contributed by atoms with Gasteiger partial charge in [-0.25, -0.2) is 18.4 Å². The smallest absolute Gasteiger partial charge is 0.246 e. The zero-order valence-corrected chi connectivity index (χ0v) is 24.7. The Bertz CT molecular complexity index is 1720. The van der Waals surface area contributed by atoms with Crippen LogP contribution in [0.25, 0.3) is 22.1 Å². The molecule has 0 spiro atoms. The first-order chi connectivity index (χ1) is 19.9. The van der Waals surface area contributed by atoms with Crippen LogP contribution in [-0.4, -0.2) is 54.7 Å². The molecule has 4 N–H and O–H groups in total. The molecule has 0 saturated carbocycles. The van der Waals surface area contributed by atoms with E-state index in [0.717, 1.165) is 16.6 Å². The highest BCUT2D eigenvalue weighted by Crippen LogP contribution is 2.20. The third kappa shape index (κ3) is 7.86. The first-order valence-electron chi connectivity index (χ1n) is 13.5. The first-order valence-corrected chi connectivity index (χ1v) is 15.0. The number of carbonyl (C=O) groups excluding carboxylic acids is 3. The summed E-state index contributed by atoms with van der Waals surface area (Å²) in [7, 11) is -3.93. The Labute approximate surface area is 244 Å². The zero-order valence-electron chi connectivity index (χ0n) is 23.8. The predicted octanol–water partition coefficient (Wildman–Crippen LogP) is 3.04. The van der Waals surface area contributed by atoms with E-state index in [-0.39, 0.29) is 10.8 Å². The van der Waals surface area contributed by atoms with Crippen molar-refractivity contribution in [3.05, 3.63) is 72.3 Å². The number of hydrogen-bond acceptors (Lipinski definition) is 7. The number of anilines is 1. The van der Waals surface area contributed by atoms with Crippen LogP contribution >= 0.6 is 0 Å². The lowest BCUT2D eigenvalue weighted by molar-refractivity contribution is -0.128. The minimum absolute atomic E-state index is 0.0276. The Morgan fingerprint density at radius 1 is 0.810 bits per heavy atom. The van der Waals surface area contributed by atoms with Crippen LogP contribution in [0.5, 0.6) is 0 Å². The fourth-order valence-corrected chi connectivity index (χ4v) is 5.47. The molecule has 4 aromatic rings. The molecule has 42 heavy (non-hydrogen) atoms. The fourth-order valence-electron chi connectivity index (χ4n) is 4.27. The SMILES string of the molecule is Cc1ccc(S(=O)(=O)N[C@@H](C)C(=O)NCC(=O)N[C@@H](CC(C)C)C(=O)Nc2ccc3nc4ccccc4nc3c2)cc1. The maximum Gasteiger partial charge on any atom is 0.246 e. The fraction of sp³-hybridized carbons (Fsp3) is 0.300. The van der Waals surface area contributed by atoms with Gasteiger partial charge in [0.2, 0.25) is 27.7 Å². The van der Waals surface area contributed by atoms with E-state index in [1.165, 1.54) is 19.1 Å². The van der Waals surface area contributed by atoms with Gasteiger partial charge in [-0.3, -0.25) is 14.4 Å². The van der Waals surface area contributed by atoms with Crippen LogP contribution in [0.3, 0.4) is 0 Å². The Kier molecular flexibility index (Phi) is 9.48. The summed E-state index contributed by atoms with van der Waals surface area (Å²) in [5.74, 6) is -1.61. The average molecular weight is 591 g/mol. The van der Waals surface area contributed by atoms with Crippen LogP contribution in [0.1, 0.15) is 32.8 Å². The number of carbonyl (C=O) groups is 3. The lowest BCUT2D eigenvalue weighted by atomic mass is 10.0. The molecule has 4 rings (SSSR count). The maximum atomic E-state index is 13.2. The molecular weight excluding hydrogens is 556 g/mol. The van der Waals surface area contributed by atoms with E-state index in [0.29, 0.717) is 23.1 Å². The van der Waals surface area contributed by atoms with Gasteiger partial charge in [0.15, 0.2) is 0 Å². The number of para-hydroxylation sites is 2. The minimum atomic E-state index is -3.93. The second-order valence-corrected chi connectivity index (χ2v) is 12.2. The van der Waals surface area contributed by atoms with Crippen LogP contribution in [0.2, 0.25) is 0 Å². The van der Waals surface area contributed by atoms with Crippen molar-refractivity contribution in [1.82, 2.24) is 25.3 Å². The molecule has 0 unspecified atom stereocenters. The minimum Gasteiger partial charge on any atom is -0.346 e. The molecular formula is C30H34N6O5S. The Hall–Kier alpha value is -4.42. The molecule has 1 heterocycles. The van der Waals surface area contributed by atoms with Crippen molar-refractivity contribution in [2.24, 2.45) is 5.92 Å². The van der Waals surface area contributed by atoms with Crippen molar-refractivity contribution in [3.8, 4) is 0 Å². The second-order valence-electron chi connectivity index (χ2n) is 10.5. The maximum absolute atomic E-state index is 13.2. The monoisotopic (exact) mass is 590 g/mol. The van der Waals surface area contributed by atoms with Crippen molar-refractivity contribution in [3.63, 3.8) is 0 Å². The average Bonchev–Trinajstić information content (AvgIpc) is 2.94. The largest absolute Gasteiger partial charge is 0.346 e. The molecule has 0 radical (unpaired) electrons. The molecule has 0 aliphatic rings. The van der Waals surface area contributed by atoms with Gasteiger partial charge in [0.05, 0.1) is 39.5 Å². The van der Waals surface area contributed by atoms with E-state index in [2.05, 4.69) is 30.6 Å². The molecule has 0 fully saturated rings. The summed E-state index contributed by atoms with van der Waals surface area (Å²) in [5, 5.41) is 7.93. The van der Waals surface area contributed by atoms with Crippen molar-refractivity contribution in [2.45, 2.75) is 51.1 Å². The Balaban J connectivity index is 1.35. The molecule has 1 aromatic heterocycles. The van der Waals surface area contributed by atoms with E-state index in [1.807, 2.05) is 45.0 Å². The van der Waals surface area contributed by atoms with Gasteiger partial charge in [-0.1, -0.05) is 43.7 Å². The van der Waals surface area contributed by atoms with Gasteiger partial charge in [-0.15, -0.1) is 0 Å². The van der Waals surface area contributed by atoms with Crippen molar-refractivity contribution in [1.29, 1.82) is 0 Å². The first kappa shape index (κ1) is 30.5. The van der Waals surface area contributed by atoms with E-state index < -0.39 is 46.4 Å². The summed E-state index contributed by atoms with van der Waals surface area (Å²) in [6, 6.07) is 16.9. The highest BCUT2D eigenvalue weighted by molar-refractivity contribution is 7.89. The summed E-state index contributed by atoms with van der Waals surface area (Å²) in [6.07, 6.45) is 0.357. The zero-order chi connectivity index (χ0) is 30.4. The number of sulfonamides is 1. The number of benzene rings is 3. The van der Waals surface area contributed by atoms with Gasteiger partial charge < -0.3 is 16.0 Å². The number of aryl methyl sites for hydroxylation is 1. The van der Waals surface area contributed by atoms with E-state index in [1.54, 1.807) is 30.3 Å². The van der Waals surface area contributed by atoms with Crippen LogP contribution < -0.4 is 20.7 Å². The van der Waals surface area contributed by atoms with Crippen LogP contribution in [-0.2, 0) is 24.4 Å². The number of nitrogens with one attached hydrogen (secondary N) is 4. The summed E-state index contributed by atoms with van der Waals surface area (Å²) < 4.78 is 27.5. The van der Waals surface area contributed by atoms with Gasteiger partial charge >= 0.3 is 0 Å². The Morgan fingerprint density at radius 2 is 1.43 bits per heavy atom. The summed E-state index contributed by atoms with van der Waals surface area (Å²) in [4.78, 5) is 47.6. The summed E-state index contributed by atoms with van der Waals surface area (Å²) in [6.45, 7) is 6.63. The van der Waals surface area contributed by atoms with Gasteiger partial charge in [0.1, 0.15) is 6.04 Å². The second kappa shape index (κ2) is 13.0. The van der Waals surface area contributed by atoms with Crippen molar-refractivity contribution < 1.29 is 22.8 Å². The van der Waals surface area contributed by atoms with E-state index in [9.17, 15) is 22.8 Å². The molecule has 0 aliphatic heterocycles. The molecule has 11 nitrogen and oxygen atoms in total. The number of aromatic nitrogens is 2. The van der Waals surface area contributed by atoms with Crippen LogP contribution in [0.4, 0.5) is 5.69 Å². The number of hydrogen-bond donors (Lipinski definition) is 4. The van der Waals surface area contributed by atoms with E-state index in [4.69, 9.17) is 0 Å². The molecule has 3 aromatic carbocycles. The molecule has 12 heteroatoms. The molecule has 0 saturated heterocycles. The standard InChI is InChI=1S/C30H34N6O5S/c1-18(2)15-27(30(39)32-21-11-14-25-26(16-21)34-24-8-6-5-7-23(24)33-25)35-28(37)17-31-29(38)20(4)36-42(40,41)22-12-9-19(3)10-13-22/h5-14,16,18,20,27,36H,15,17H2,1-4H3,(H,31,38)(H,32,39)(H,35,37)/t20-,27-/m0/s1. The van der Waals surface area contributed by atoms with Gasteiger partial charge in [0.25, 0.3) is 0 Å². The normalized spacial score (nSPS) is 13.1. The van der Waals surface area contributed by atoms with Crippen LogP contribution in [0.15, 0.2) is 71.6 Å². The predicted molar refractivity (Wildman–Crippen MR) is 161 cm³/mol. The quantitative estimate of drug-likeness (QED) is 0.195. The van der Waals surface area contributed by atoms with E-state index >= 15 is 0 Å². The topological polar surface area (TPSA) is 159 Å². The summed E-state index contributed by atoms with van der Waals surface area (Å²) >= 11 is 0. The van der Waals surface area contributed by atoms with Gasteiger partial charge in [-0.2, -0.15) is 4.72 Å². The van der Waals surface area contributed by atoms with Crippen molar-refractivity contribution >= 4 is 55.5 Å². The molecule has 0 bridgehead atoms. The lowest BCUT2D eigenvalue weighted by Gasteiger charge is -2.21. The molecule has 2 atom stereocenters. The van der Waals surface area contributed by atoms with Crippen LogP contribution in [0, 0.1) is 12.8 Å². The summed E-state index contributed by atoms with van der Waals surface area (Å²) in [5.41, 5.74) is 4.21. The highest BCUT2D eigenvalue weighted by atomic mass is 32.2. The van der Waals surface area contributed by atoms with Gasteiger partial charge in [0, 0.05) is 5.69 Å².